The zero-order valence-electron chi connectivity index (χ0n) is 7.30. The number of hydrogen-bond acceptors (Lipinski definition) is 2. The van der Waals surface area contributed by atoms with E-state index in [-0.39, 0.29) is 5.02 Å². The van der Waals surface area contributed by atoms with Crippen molar-refractivity contribution in [1.82, 2.24) is 0 Å². The molecule has 0 fully saturated rings. The van der Waals surface area contributed by atoms with Crippen molar-refractivity contribution in [1.29, 1.82) is 0 Å². The average Bonchev–Trinajstić information content (AvgIpc) is 2.57. The van der Waals surface area contributed by atoms with Crippen molar-refractivity contribution >= 4 is 23.1 Å². The van der Waals surface area contributed by atoms with E-state index < -0.39 is 5.82 Å². The second-order valence-electron chi connectivity index (χ2n) is 3.03. The lowest BCUT2D eigenvalue weighted by Crippen LogP contribution is -2.06. The van der Waals surface area contributed by atoms with Gasteiger partial charge in [0.1, 0.15) is 11.7 Å². The third-order valence-corrected chi connectivity index (χ3v) is 2.29. The van der Waals surface area contributed by atoms with Crippen LogP contribution >= 0.6 is 11.6 Å². The fraction of sp³-hybridized carbons (Fsp3) is 0.100. The first-order valence-electron chi connectivity index (χ1n) is 4.15. The number of hydrogen-bond donors (Lipinski definition) is 1. The minimum atomic E-state index is -0.439. The Kier molecular flexibility index (Phi) is 2.25. The number of halogens is 2. The van der Waals surface area contributed by atoms with Crippen LogP contribution < -0.4 is 5.73 Å². The van der Waals surface area contributed by atoms with Gasteiger partial charge in [0, 0.05) is 12.0 Å². The van der Waals surface area contributed by atoms with Gasteiger partial charge in [-0.1, -0.05) is 23.7 Å². The lowest BCUT2D eigenvalue weighted by atomic mass is 10.1. The van der Waals surface area contributed by atoms with Crippen molar-refractivity contribution < 1.29 is 4.39 Å². The number of benzene rings is 1. The Morgan fingerprint density at radius 2 is 2.21 bits per heavy atom. The largest absolute Gasteiger partial charge is 0.387 e. The Morgan fingerprint density at radius 3 is 2.79 bits per heavy atom. The van der Waals surface area contributed by atoms with Crippen molar-refractivity contribution in [2.24, 2.45) is 10.7 Å². The highest BCUT2D eigenvalue weighted by Gasteiger charge is 2.09. The summed E-state index contributed by atoms with van der Waals surface area (Å²) < 4.78 is 13.1. The fourth-order valence-electron chi connectivity index (χ4n) is 1.29. The molecule has 4 heteroatoms. The summed E-state index contributed by atoms with van der Waals surface area (Å²) in [5.74, 6) is 0.112. The summed E-state index contributed by atoms with van der Waals surface area (Å²) in [6.45, 7) is 0. The van der Waals surface area contributed by atoms with E-state index in [0.717, 1.165) is 0 Å². The van der Waals surface area contributed by atoms with Crippen LogP contribution in [0.15, 0.2) is 29.3 Å². The minimum Gasteiger partial charge on any atom is -0.387 e. The number of rotatable bonds is 1. The summed E-state index contributed by atoms with van der Waals surface area (Å²) >= 11 is 5.56. The predicted octanol–water partition coefficient (Wildman–Crippen LogP) is 2.58. The highest BCUT2D eigenvalue weighted by atomic mass is 35.5. The summed E-state index contributed by atoms with van der Waals surface area (Å²) in [7, 11) is 0. The molecule has 0 saturated heterocycles. The molecule has 1 aliphatic rings. The van der Waals surface area contributed by atoms with Gasteiger partial charge in [0.2, 0.25) is 0 Å². The number of nitrogens with zero attached hydrogens (tertiary/aromatic N) is 1. The minimum absolute atomic E-state index is 0.115. The number of aliphatic imine (C=N–C) groups is 1. The molecule has 1 aromatic carbocycles. The molecule has 0 aromatic heterocycles. The van der Waals surface area contributed by atoms with Gasteiger partial charge in [-0.05, 0) is 12.1 Å². The van der Waals surface area contributed by atoms with Crippen molar-refractivity contribution in [2.75, 3.05) is 0 Å². The van der Waals surface area contributed by atoms with Crippen molar-refractivity contribution in [3.05, 3.63) is 40.7 Å². The maximum Gasteiger partial charge on any atom is 0.142 e. The van der Waals surface area contributed by atoms with E-state index in [9.17, 15) is 4.39 Å². The second kappa shape index (κ2) is 3.42. The van der Waals surface area contributed by atoms with E-state index in [0.29, 0.717) is 23.5 Å². The summed E-state index contributed by atoms with van der Waals surface area (Å²) in [4.78, 5) is 4.08. The molecule has 72 valence electrons. The van der Waals surface area contributed by atoms with Gasteiger partial charge in [-0.2, -0.15) is 0 Å². The molecule has 0 aliphatic carbocycles. The highest BCUT2D eigenvalue weighted by molar-refractivity contribution is 6.30. The van der Waals surface area contributed by atoms with Gasteiger partial charge in [0.15, 0.2) is 0 Å². The van der Waals surface area contributed by atoms with E-state index in [4.69, 9.17) is 17.3 Å². The summed E-state index contributed by atoms with van der Waals surface area (Å²) in [6, 6.07) is 4.59. The van der Waals surface area contributed by atoms with E-state index in [1.807, 2.05) is 6.08 Å². The molecule has 2 nitrogen and oxygen atoms in total. The first-order valence-corrected chi connectivity index (χ1v) is 4.53. The molecule has 1 aromatic rings. The molecule has 1 aliphatic heterocycles. The van der Waals surface area contributed by atoms with Crippen LogP contribution in [0.2, 0.25) is 5.02 Å². The second-order valence-corrected chi connectivity index (χ2v) is 3.43. The SMILES string of the molecule is NC1=NC(c2ccc(Cl)c(F)c2)=CC1. The lowest BCUT2D eigenvalue weighted by Gasteiger charge is -2.00. The molecule has 0 radical (unpaired) electrons. The van der Waals surface area contributed by atoms with Crippen LogP contribution in [0.1, 0.15) is 12.0 Å². The molecular formula is C10H8ClFN2. The Balaban J connectivity index is 2.39. The molecular weight excluding hydrogens is 203 g/mol. The Bertz CT molecular complexity index is 438. The monoisotopic (exact) mass is 210 g/mol. The molecule has 2 rings (SSSR count). The van der Waals surface area contributed by atoms with Crippen LogP contribution in [0.3, 0.4) is 0 Å². The fourth-order valence-corrected chi connectivity index (χ4v) is 1.40. The average molecular weight is 211 g/mol. The third kappa shape index (κ3) is 1.63. The van der Waals surface area contributed by atoms with Crippen LogP contribution in [0.25, 0.3) is 5.70 Å². The smallest absolute Gasteiger partial charge is 0.142 e. The molecule has 0 amide bonds. The van der Waals surface area contributed by atoms with E-state index in [1.54, 1.807) is 6.07 Å². The Hall–Kier alpha value is -1.35. The third-order valence-electron chi connectivity index (χ3n) is 1.98. The van der Waals surface area contributed by atoms with Crippen LogP contribution in [0, 0.1) is 5.82 Å². The van der Waals surface area contributed by atoms with Gasteiger partial charge in [-0.3, -0.25) is 0 Å². The van der Waals surface area contributed by atoms with Crippen molar-refractivity contribution in [3.8, 4) is 0 Å². The molecule has 0 saturated carbocycles. The molecule has 2 N–H and O–H groups in total. The van der Waals surface area contributed by atoms with Gasteiger partial charge >= 0.3 is 0 Å². The standard InChI is InChI=1S/C10H8ClFN2/c11-7-2-1-6(5-8(7)12)9-3-4-10(13)14-9/h1-3,5H,4H2,(H2,13,14). The van der Waals surface area contributed by atoms with Crippen molar-refractivity contribution in [2.45, 2.75) is 6.42 Å². The van der Waals surface area contributed by atoms with Gasteiger partial charge in [0.25, 0.3) is 0 Å². The lowest BCUT2D eigenvalue weighted by molar-refractivity contribution is 0.628. The van der Waals surface area contributed by atoms with Crippen LogP contribution in [-0.2, 0) is 0 Å². The van der Waals surface area contributed by atoms with Gasteiger partial charge in [0.05, 0.1) is 10.7 Å². The highest BCUT2D eigenvalue weighted by Crippen LogP contribution is 2.24. The van der Waals surface area contributed by atoms with Crippen LogP contribution in [0.5, 0.6) is 0 Å². The quantitative estimate of drug-likeness (QED) is 0.760. The normalized spacial score (nSPS) is 15.3. The zero-order chi connectivity index (χ0) is 10.1. The molecule has 0 spiro atoms. The van der Waals surface area contributed by atoms with Crippen LogP contribution in [-0.4, -0.2) is 5.84 Å². The van der Waals surface area contributed by atoms with Crippen molar-refractivity contribution in [3.63, 3.8) is 0 Å². The van der Waals surface area contributed by atoms with Gasteiger partial charge in [-0.15, -0.1) is 0 Å². The van der Waals surface area contributed by atoms with Crippen LogP contribution in [0.4, 0.5) is 4.39 Å². The first kappa shape index (κ1) is 9.21. The molecule has 0 atom stereocenters. The molecule has 1 heterocycles. The number of amidine groups is 1. The molecule has 0 unspecified atom stereocenters. The number of nitrogens with two attached hydrogens (primary N) is 1. The first-order chi connectivity index (χ1) is 6.66. The van der Waals surface area contributed by atoms with Gasteiger partial charge in [-0.25, -0.2) is 9.38 Å². The van der Waals surface area contributed by atoms with E-state index in [1.165, 1.54) is 12.1 Å². The maximum atomic E-state index is 13.1. The van der Waals surface area contributed by atoms with Gasteiger partial charge < -0.3 is 5.73 Å². The summed E-state index contributed by atoms with van der Waals surface area (Å²) in [5, 5.41) is 0.115. The predicted molar refractivity (Wildman–Crippen MR) is 55.6 cm³/mol. The summed E-state index contributed by atoms with van der Waals surface area (Å²) in [5.41, 5.74) is 6.92. The molecule has 0 bridgehead atoms. The Morgan fingerprint density at radius 1 is 1.43 bits per heavy atom. The van der Waals surface area contributed by atoms with E-state index >= 15 is 0 Å². The zero-order valence-corrected chi connectivity index (χ0v) is 8.05. The Labute approximate surface area is 85.9 Å². The van der Waals surface area contributed by atoms with E-state index in [2.05, 4.69) is 4.99 Å². The summed E-state index contributed by atoms with van der Waals surface area (Å²) in [6.07, 6.45) is 2.48. The molecule has 14 heavy (non-hydrogen) atoms. The maximum absolute atomic E-state index is 13.1. The topological polar surface area (TPSA) is 38.4 Å².